The quantitative estimate of drug-likeness (QED) is 0.504. The van der Waals surface area contributed by atoms with Gasteiger partial charge in [0.25, 0.3) is 5.78 Å². The van der Waals surface area contributed by atoms with Crippen LogP contribution in [0.2, 0.25) is 10.0 Å². The highest BCUT2D eigenvalue weighted by molar-refractivity contribution is 6.42. The summed E-state index contributed by atoms with van der Waals surface area (Å²) in [5.41, 5.74) is 4.80. The summed E-state index contributed by atoms with van der Waals surface area (Å²) in [4.78, 5) is 8.80. The van der Waals surface area contributed by atoms with Crippen molar-refractivity contribution in [1.82, 2.24) is 19.6 Å². The predicted octanol–water partition coefficient (Wildman–Crippen LogP) is 5.07. The molecule has 2 heterocycles. The Bertz CT molecular complexity index is 1040. The zero-order chi connectivity index (χ0) is 16.7. The van der Waals surface area contributed by atoms with Crippen LogP contribution in [-0.4, -0.2) is 19.6 Å². The summed E-state index contributed by atoms with van der Waals surface area (Å²) in [5.74, 6) is 0.536. The van der Waals surface area contributed by atoms with E-state index in [9.17, 15) is 0 Å². The van der Waals surface area contributed by atoms with Gasteiger partial charge in [-0.3, -0.25) is 0 Å². The lowest BCUT2D eigenvalue weighted by atomic mass is 10.1. The molecule has 4 rings (SSSR count). The SMILES string of the molecule is Cc1ccc(-c2cc(-c3ccc(Cl)c(Cl)c3)nc3ncnn23)cc1. The number of benzene rings is 2. The Kier molecular flexibility index (Phi) is 3.71. The summed E-state index contributed by atoms with van der Waals surface area (Å²) in [6.45, 7) is 2.06. The van der Waals surface area contributed by atoms with Gasteiger partial charge < -0.3 is 0 Å². The first kappa shape index (κ1) is 15.1. The third kappa shape index (κ3) is 2.64. The number of aryl methyl sites for hydroxylation is 1. The van der Waals surface area contributed by atoms with Gasteiger partial charge in [0.2, 0.25) is 0 Å². The number of hydrogen-bond donors (Lipinski definition) is 0. The highest BCUT2D eigenvalue weighted by atomic mass is 35.5. The van der Waals surface area contributed by atoms with Gasteiger partial charge in [-0.05, 0) is 25.1 Å². The van der Waals surface area contributed by atoms with Crippen LogP contribution in [0, 0.1) is 6.92 Å². The number of halogens is 2. The van der Waals surface area contributed by atoms with Gasteiger partial charge in [0.15, 0.2) is 0 Å². The first-order valence-electron chi connectivity index (χ1n) is 7.35. The van der Waals surface area contributed by atoms with Crippen LogP contribution in [0.3, 0.4) is 0 Å². The average molecular weight is 355 g/mol. The van der Waals surface area contributed by atoms with E-state index in [0.717, 1.165) is 22.5 Å². The van der Waals surface area contributed by atoms with E-state index < -0.39 is 0 Å². The van der Waals surface area contributed by atoms with Crippen LogP contribution < -0.4 is 0 Å². The lowest BCUT2D eigenvalue weighted by molar-refractivity contribution is 0.949. The minimum Gasteiger partial charge on any atom is -0.211 e. The molecule has 2 aromatic carbocycles. The Labute approximate surface area is 148 Å². The van der Waals surface area contributed by atoms with E-state index in [-0.39, 0.29) is 0 Å². The molecule has 0 unspecified atom stereocenters. The summed E-state index contributed by atoms with van der Waals surface area (Å²) in [6, 6.07) is 15.7. The van der Waals surface area contributed by atoms with Gasteiger partial charge in [-0.1, -0.05) is 59.1 Å². The molecule has 0 aliphatic heterocycles. The van der Waals surface area contributed by atoms with Crippen molar-refractivity contribution < 1.29 is 0 Å². The molecular weight excluding hydrogens is 343 g/mol. The lowest BCUT2D eigenvalue weighted by Gasteiger charge is -2.09. The van der Waals surface area contributed by atoms with Gasteiger partial charge in [0.1, 0.15) is 6.33 Å². The third-order valence-corrected chi connectivity index (χ3v) is 4.55. The molecule has 118 valence electrons. The smallest absolute Gasteiger partial charge is 0.211 e. The van der Waals surface area contributed by atoms with Crippen molar-refractivity contribution in [3.63, 3.8) is 0 Å². The van der Waals surface area contributed by atoms with Gasteiger partial charge in [-0.15, -0.1) is 0 Å². The number of aromatic nitrogens is 4. The van der Waals surface area contributed by atoms with Crippen molar-refractivity contribution in [3.05, 3.63) is 70.5 Å². The zero-order valence-corrected chi connectivity index (χ0v) is 14.3. The maximum Gasteiger partial charge on any atom is 0.253 e. The van der Waals surface area contributed by atoms with Crippen molar-refractivity contribution in [2.75, 3.05) is 0 Å². The fraction of sp³-hybridized carbons (Fsp3) is 0.0556. The largest absolute Gasteiger partial charge is 0.253 e. The highest BCUT2D eigenvalue weighted by Gasteiger charge is 2.12. The van der Waals surface area contributed by atoms with Crippen LogP contribution in [0.5, 0.6) is 0 Å². The average Bonchev–Trinajstić information content (AvgIpc) is 3.06. The van der Waals surface area contributed by atoms with Crippen LogP contribution >= 0.6 is 23.2 Å². The van der Waals surface area contributed by atoms with Gasteiger partial charge in [-0.2, -0.15) is 14.6 Å². The minimum atomic E-state index is 0.495. The van der Waals surface area contributed by atoms with Crippen LogP contribution in [0.4, 0.5) is 0 Å². The molecule has 0 amide bonds. The second kappa shape index (κ2) is 5.89. The molecule has 0 aliphatic carbocycles. The van der Waals surface area contributed by atoms with Crippen molar-refractivity contribution in [1.29, 1.82) is 0 Å². The summed E-state index contributed by atoms with van der Waals surface area (Å²) in [7, 11) is 0. The molecule has 0 aliphatic rings. The second-order valence-electron chi connectivity index (χ2n) is 5.49. The molecule has 0 bridgehead atoms. The first-order chi connectivity index (χ1) is 11.6. The Hall–Kier alpha value is -2.43. The molecule has 4 aromatic rings. The molecule has 0 atom stereocenters. The van der Waals surface area contributed by atoms with E-state index in [1.54, 1.807) is 16.6 Å². The Morgan fingerprint density at radius 3 is 2.38 bits per heavy atom. The summed E-state index contributed by atoms with van der Waals surface area (Å²) in [5, 5.41) is 5.29. The standard InChI is InChI=1S/C18H12Cl2N4/c1-11-2-4-12(5-3-11)17-9-16(23-18-21-10-22-24(17)18)13-6-7-14(19)15(20)8-13/h2-10H,1H3. The number of rotatable bonds is 2. The third-order valence-electron chi connectivity index (χ3n) is 3.81. The maximum atomic E-state index is 6.14. The van der Waals surface area contributed by atoms with Crippen LogP contribution in [-0.2, 0) is 0 Å². The van der Waals surface area contributed by atoms with Gasteiger partial charge in [0.05, 0.1) is 21.4 Å². The topological polar surface area (TPSA) is 43.1 Å². The molecular formula is C18H12Cl2N4. The fourth-order valence-electron chi connectivity index (χ4n) is 2.55. The lowest BCUT2D eigenvalue weighted by Crippen LogP contribution is -1.99. The normalized spacial score (nSPS) is 11.1. The Morgan fingerprint density at radius 1 is 0.875 bits per heavy atom. The fourth-order valence-corrected chi connectivity index (χ4v) is 2.84. The van der Waals surface area contributed by atoms with Crippen LogP contribution in [0.1, 0.15) is 5.56 Å². The molecule has 0 N–H and O–H groups in total. The monoisotopic (exact) mass is 354 g/mol. The maximum absolute atomic E-state index is 6.14. The molecule has 4 nitrogen and oxygen atoms in total. The van der Waals surface area contributed by atoms with Gasteiger partial charge in [-0.25, -0.2) is 4.98 Å². The van der Waals surface area contributed by atoms with E-state index in [4.69, 9.17) is 23.2 Å². The minimum absolute atomic E-state index is 0.495. The number of hydrogen-bond acceptors (Lipinski definition) is 3. The molecule has 0 saturated carbocycles. The second-order valence-corrected chi connectivity index (χ2v) is 6.31. The molecule has 0 saturated heterocycles. The van der Waals surface area contributed by atoms with E-state index >= 15 is 0 Å². The van der Waals surface area contributed by atoms with E-state index in [1.807, 2.05) is 12.1 Å². The van der Waals surface area contributed by atoms with Crippen molar-refractivity contribution in [2.24, 2.45) is 0 Å². The van der Waals surface area contributed by atoms with Gasteiger partial charge >= 0.3 is 0 Å². The number of fused-ring (bicyclic) bond motifs is 1. The van der Waals surface area contributed by atoms with Crippen LogP contribution in [0.15, 0.2) is 54.9 Å². The van der Waals surface area contributed by atoms with E-state index in [0.29, 0.717) is 15.8 Å². The van der Waals surface area contributed by atoms with Crippen molar-refractivity contribution in [3.8, 4) is 22.5 Å². The van der Waals surface area contributed by atoms with Crippen molar-refractivity contribution >= 4 is 29.0 Å². The summed E-state index contributed by atoms with van der Waals surface area (Å²) < 4.78 is 1.73. The Balaban J connectivity index is 1.94. The molecule has 0 radical (unpaired) electrons. The Morgan fingerprint density at radius 2 is 1.62 bits per heavy atom. The van der Waals surface area contributed by atoms with E-state index in [1.165, 1.54) is 11.9 Å². The highest BCUT2D eigenvalue weighted by Crippen LogP contribution is 2.30. The summed E-state index contributed by atoms with van der Waals surface area (Å²) in [6.07, 6.45) is 1.50. The van der Waals surface area contributed by atoms with Crippen LogP contribution in [0.25, 0.3) is 28.3 Å². The molecule has 6 heteroatoms. The summed E-state index contributed by atoms with van der Waals surface area (Å²) >= 11 is 12.2. The number of nitrogens with zero attached hydrogens (tertiary/aromatic N) is 4. The molecule has 0 spiro atoms. The van der Waals surface area contributed by atoms with E-state index in [2.05, 4.69) is 46.3 Å². The van der Waals surface area contributed by atoms with Crippen molar-refractivity contribution in [2.45, 2.75) is 6.92 Å². The molecule has 2 aromatic heterocycles. The molecule has 0 fully saturated rings. The first-order valence-corrected chi connectivity index (χ1v) is 8.11. The zero-order valence-electron chi connectivity index (χ0n) is 12.7. The van der Waals surface area contributed by atoms with Gasteiger partial charge in [0, 0.05) is 11.1 Å². The predicted molar refractivity (Wildman–Crippen MR) is 96.4 cm³/mol. The molecule has 24 heavy (non-hydrogen) atoms.